The lowest BCUT2D eigenvalue weighted by atomic mass is 9.92. The van der Waals surface area contributed by atoms with Crippen LogP contribution in [0.2, 0.25) is 0 Å². The number of carbonyl (C=O) groups is 1. The van der Waals surface area contributed by atoms with E-state index in [9.17, 15) is 4.79 Å². The van der Waals surface area contributed by atoms with Crippen molar-refractivity contribution >= 4 is 18.3 Å². The van der Waals surface area contributed by atoms with Gasteiger partial charge in [-0.15, -0.1) is 12.4 Å². The van der Waals surface area contributed by atoms with Gasteiger partial charge < -0.3 is 15.4 Å². The van der Waals surface area contributed by atoms with E-state index in [4.69, 9.17) is 4.74 Å². The Kier molecular flexibility index (Phi) is 5.70. The molecule has 2 rings (SSSR count). The van der Waals surface area contributed by atoms with E-state index in [0.717, 1.165) is 32.7 Å². The summed E-state index contributed by atoms with van der Waals surface area (Å²) in [7, 11) is 0. The third-order valence-corrected chi connectivity index (χ3v) is 3.61. The predicted molar refractivity (Wildman–Crippen MR) is 69.3 cm³/mol. The van der Waals surface area contributed by atoms with E-state index in [2.05, 4.69) is 24.5 Å². The van der Waals surface area contributed by atoms with Crippen LogP contribution >= 0.6 is 12.4 Å². The molecule has 2 saturated heterocycles. The van der Waals surface area contributed by atoms with Crippen molar-refractivity contribution in [1.82, 2.24) is 10.6 Å². The standard InChI is InChI=1S/C12H22N2O2.ClH/c1-8(2)11-9(3-4-16-11)7-14-12(15)10-5-13-6-10;/h8-11,13H,3-7H2,1-2H3,(H,14,15);1H. The molecule has 0 spiro atoms. The summed E-state index contributed by atoms with van der Waals surface area (Å²) in [6.07, 6.45) is 1.39. The van der Waals surface area contributed by atoms with Crippen LogP contribution in [0.3, 0.4) is 0 Å². The van der Waals surface area contributed by atoms with Gasteiger partial charge in [0.25, 0.3) is 0 Å². The van der Waals surface area contributed by atoms with Crippen molar-refractivity contribution in [2.45, 2.75) is 26.4 Å². The van der Waals surface area contributed by atoms with E-state index in [-0.39, 0.29) is 24.2 Å². The van der Waals surface area contributed by atoms with Gasteiger partial charge in [0.1, 0.15) is 0 Å². The molecule has 5 heteroatoms. The van der Waals surface area contributed by atoms with Crippen molar-refractivity contribution in [3.05, 3.63) is 0 Å². The minimum absolute atomic E-state index is 0. The molecule has 2 N–H and O–H groups in total. The molecule has 2 aliphatic heterocycles. The normalized spacial score (nSPS) is 28.6. The molecule has 0 aromatic heterocycles. The maximum atomic E-state index is 11.7. The maximum absolute atomic E-state index is 11.7. The van der Waals surface area contributed by atoms with Gasteiger partial charge in [-0.2, -0.15) is 0 Å². The maximum Gasteiger partial charge on any atom is 0.225 e. The molecule has 0 aromatic carbocycles. The van der Waals surface area contributed by atoms with Crippen molar-refractivity contribution in [2.75, 3.05) is 26.2 Å². The van der Waals surface area contributed by atoms with Crippen LogP contribution in [0.4, 0.5) is 0 Å². The van der Waals surface area contributed by atoms with Gasteiger partial charge in [0.05, 0.1) is 12.0 Å². The molecule has 0 bridgehead atoms. The molecule has 0 saturated carbocycles. The zero-order valence-corrected chi connectivity index (χ0v) is 11.4. The summed E-state index contributed by atoms with van der Waals surface area (Å²) in [5.74, 6) is 1.43. The highest BCUT2D eigenvalue weighted by Gasteiger charge is 2.32. The molecular formula is C12H23ClN2O2. The largest absolute Gasteiger partial charge is 0.378 e. The molecular weight excluding hydrogens is 240 g/mol. The SMILES string of the molecule is CC(C)C1OCCC1CNC(=O)C1CNC1.Cl. The zero-order valence-electron chi connectivity index (χ0n) is 10.6. The number of carbonyl (C=O) groups excluding carboxylic acids is 1. The highest BCUT2D eigenvalue weighted by molar-refractivity contribution is 5.85. The summed E-state index contributed by atoms with van der Waals surface area (Å²) in [6, 6.07) is 0. The molecule has 17 heavy (non-hydrogen) atoms. The quantitative estimate of drug-likeness (QED) is 0.788. The van der Waals surface area contributed by atoms with Gasteiger partial charge in [-0.3, -0.25) is 4.79 Å². The number of rotatable bonds is 4. The first kappa shape index (κ1) is 14.7. The molecule has 1 amide bonds. The van der Waals surface area contributed by atoms with E-state index in [1.54, 1.807) is 0 Å². The first-order valence-corrected chi connectivity index (χ1v) is 6.28. The van der Waals surface area contributed by atoms with Gasteiger partial charge in [-0.1, -0.05) is 13.8 Å². The van der Waals surface area contributed by atoms with Crippen molar-refractivity contribution < 1.29 is 9.53 Å². The highest BCUT2D eigenvalue weighted by atomic mass is 35.5. The Labute approximate surface area is 109 Å². The lowest BCUT2D eigenvalue weighted by Gasteiger charge is -2.27. The smallest absolute Gasteiger partial charge is 0.225 e. The Hall–Kier alpha value is -0.320. The minimum atomic E-state index is 0. The first-order valence-electron chi connectivity index (χ1n) is 6.28. The Bertz CT molecular complexity index is 257. The third kappa shape index (κ3) is 3.57. The average molecular weight is 263 g/mol. The second kappa shape index (κ2) is 6.57. The fraction of sp³-hybridized carbons (Fsp3) is 0.917. The molecule has 2 fully saturated rings. The molecule has 0 aromatic rings. The van der Waals surface area contributed by atoms with Gasteiger partial charge in [-0.25, -0.2) is 0 Å². The number of hydrogen-bond donors (Lipinski definition) is 2. The van der Waals surface area contributed by atoms with Gasteiger partial charge in [0, 0.05) is 32.2 Å². The number of ether oxygens (including phenoxy) is 1. The minimum Gasteiger partial charge on any atom is -0.378 e. The second-order valence-electron chi connectivity index (χ2n) is 5.23. The van der Waals surface area contributed by atoms with E-state index < -0.39 is 0 Å². The summed E-state index contributed by atoms with van der Waals surface area (Å²) in [5.41, 5.74) is 0. The summed E-state index contributed by atoms with van der Waals surface area (Å²) in [6.45, 7) is 7.65. The summed E-state index contributed by atoms with van der Waals surface area (Å²) in [4.78, 5) is 11.7. The van der Waals surface area contributed by atoms with Crippen molar-refractivity contribution in [1.29, 1.82) is 0 Å². The topological polar surface area (TPSA) is 50.4 Å². The molecule has 2 unspecified atom stereocenters. The van der Waals surface area contributed by atoms with Crippen LogP contribution < -0.4 is 10.6 Å². The lowest BCUT2D eigenvalue weighted by Crippen LogP contribution is -2.51. The summed E-state index contributed by atoms with van der Waals surface area (Å²) < 4.78 is 5.70. The molecule has 2 heterocycles. The molecule has 2 aliphatic rings. The number of hydrogen-bond acceptors (Lipinski definition) is 3. The molecule has 0 aliphatic carbocycles. The second-order valence-corrected chi connectivity index (χ2v) is 5.23. The Morgan fingerprint density at radius 2 is 2.18 bits per heavy atom. The summed E-state index contributed by atoms with van der Waals surface area (Å²) in [5, 5.41) is 6.16. The van der Waals surface area contributed by atoms with Crippen LogP contribution in [0.5, 0.6) is 0 Å². The monoisotopic (exact) mass is 262 g/mol. The Morgan fingerprint density at radius 3 is 2.71 bits per heavy atom. The predicted octanol–water partition coefficient (Wildman–Crippen LogP) is 0.805. The fourth-order valence-corrected chi connectivity index (χ4v) is 2.46. The van der Waals surface area contributed by atoms with E-state index in [1.807, 2.05) is 0 Å². The van der Waals surface area contributed by atoms with Crippen LogP contribution in [0, 0.1) is 17.8 Å². The average Bonchev–Trinajstić information content (AvgIpc) is 2.59. The van der Waals surface area contributed by atoms with Crippen LogP contribution in [0.1, 0.15) is 20.3 Å². The van der Waals surface area contributed by atoms with E-state index in [1.165, 1.54) is 0 Å². The van der Waals surface area contributed by atoms with Crippen LogP contribution in [-0.2, 0) is 9.53 Å². The Balaban J connectivity index is 0.00000144. The van der Waals surface area contributed by atoms with Crippen molar-refractivity contribution in [2.24, 2.45) is 17.8 Å². The van der Waals surface area contributed by atoms with Crippen LogP contribution in [0.25, 0.3) is 0 Å². The van der Waals surface area contributed by atoms with Crippen LogP contribution in [0.15, 0.2) is 0 Å². The highest BCUT2D eigenvalue weighted by Crippen LogP contribution is 2.26. The number of nitrogens with one attached hydrogen (secondary N) is 2. The van der Waals surface area contributed by atoms with Crippen LogP contribution in [-0.4, -0.2) is 38.3 Å². The fourth-order valence-electron chi connectivity index (χ4n) is 2.46. The van der Waals surface area contributed by atoms with E-state index in [0.29, 0.717) is 17.9 Å². The van der Waals surface area contributed by atoms with Gasteiger partial charge in [0.15, 0.2) is 0 Å². The molecule has 2 atom stereocenters. The van der Waals surface area contributed by atoms with Crippen molar-refractivity contribution in [3.63, 3.8) is 0 Å². The third-order valence-electron chi connectivity index (χ3n) is 3.61. The molecule has 100 valence electrons. The van der Waals surface area contributed by atoms with Crippen molar-refractivity contribution in [3.8, 4) is 0 Å². The summed E-state index contributed by atoms with van der Waals surface area (Å²) >= 11 is 0. The Morgan fingerprint density at radius 1 is 1.47 bits per heavy atom. The number of halogens is 1. The lowest BCUT2D eigenvalue weighted by molar-refractivity contribution is -0.126. The zero-order chi connectivity index (χ0) is 11.5. The molecule has 0 radical (unpaired) electrons. The van der Waals surface area contributed by atoms with Gasteiger partial charge in [-0.05, 0) is 12.3 Å². The number of amides is 1. The van der Waals surface area contributed by atoms with Gasteiger partial charge >= 0.3 is 0 Å². The molecule has 4 nitrogen and oxygen atoms in total. The van der Waals surface area contributed by atoms with E-state index >= 15 is 0 Å². The first-order chi connectivity index (χ1) is 7.68. The van der Waals surface area contributed by atoms with Gasteiger partial charge in [0.2, 0.25) is 5.91 Å².